The summed E-state index contributed by atoms with van der Waals surface area (Å²) in [4.78, 5) is 1.51. The van der Waals surface area contributed by atoms with Crippen LogP contribution in [0.15, 0.2) is 12.4 Å². The summed E-state index contributed by atoms with van der Waals surface area (Å²) in [6, 6.07) is 0. The second kappa shape index (κ2) is 4.30. The number of hydrogen-bond donors (Lipinski definition) is 0. The molecule has 0 spiro atoms. The number of unbranched alkanes of at least 4 members (excludes halogenated alkanes) is 1. The molecule has 0 amide bonds. The molecule has 13 heavy (non-hydrogen) atoms. The first-order valence-electron chi connectivity index (χ1n) is 4.30. The predicted molar refractivity (Wildman–Crippen MR) is 44.5 cm³/mol. The molecule has 1 aromatic heterocycles. The maximum Gasteiger partial charge on any atom is 0.245 e. The lowest BCUT2D eigenvalue weighted by Gasteiger charge is -2.08. The summed E-state index contributed by atoms with van der Waals surface area (Å²) < 4.78 is 24.7. The van der Waals surface area contributed by atoms with Gasteiger partial charge in [-0.1, -0.05) is 0 Å². The van der Waals surface area contributed by atoms with E-state index in [9.17, 15) is 8.78 Å². The van der Waals surface area contributed by atoms with E-state index in [1.807, 2.05) is 0 Å². The van der Waals surface area contributed by atoms with Gasteiger partial charge in [0, 0.05) is 6.42 Å². The smallest absolute Gasteiger partial charge is 0.207 e. The van der Waals surface area contributed by atoms with Crippen molar-refractivity contribution in [1.82, 2.24) is 15.0 Å². The lowest BCUT2D eigenvalue weighted by atomic mass is 10.1. The van der Waals surface area contributed by atoms with E-state index in [0.29, 0.717) is 19.4 Å². The largest absolute Gasteiger partial charge is 0.245 e. The fourth-order valence-corrected chi connectivity index (χ4v) is 1.05. The molecule has 0 aliphatic carbocycles. The number of rotatable bonds is 5. The highest BCUT2D eigenvalue weighted by atomic mass is 19.3. The standard InChI is InChI=1S/C8H13F2N3/c1-8(9,10)4-2-3-7-13-11-5-6-12-13/h5-6H,2-4,7H2,1H3. The topological polar surface area (TPSA) is 30.7 Å². The SMILES string of the molecule is CC(F)(F)CCCCn1nccn1. The van der Waals surface area contributed by atoms with Crippen molar-refractivity contribution in [3.63, 3.8) is 0 Å². The van der Waals surface area contributed by atoms with E-state index in [4.69, 9.17) is 0 Å². The minimum absolute atomic E-state index is 0.0612. The van der Waals surface area contributed by atoms with Gasteiger partial charge >= 0.3 is 0 Å². The molecule has 5 heteroatoms. The summed E-state index contributed by atoms with van der Waals surface area (Å²) >= 11 is 0. The van der Waals surface area contributed by atoms with Crippen LogP contribution in [0.3, 0.4) is 0 Å². The Morgan fingerprint density at radius 1 is 1.23 bits per heavy atom. The van der Waals surface area contributed by atoms with Crippen LogP contribution in [0.5, 0.6) is 0 Å². The van der Waals surface area contributed by atoms with Gasteiger partial charge in [0.2, 0.25) is 5.92 Å². The van der Waals surface area contributed by atoms with Crippen LogP contribution in [0.25, 0.3) is 0 Å². The highest BCUT2D eigenvalue weighted by Gasteiger charge is 2.19. The molecule has 0 aliphatic heterocycles. The van der Waals surface area contributed by atoms with Gasteiger partial charge in [-0.05, 0) is 19.8 Å². The predicted octanol–water partition coefficient (Wildman–Crippen LogP) is 2.10. The van der Waals surface area contributed by atoms with Crippen LogP contribution in [-0.2, 0) is 6.54 Å². The second-order valence-corrected chi connectivity index (χ2v) is 3.15. The molecular weight excluding hydrogens is 176 g/mol. The maximum atomic E-state index is 12.4. The molecule has 1 heterocycles. The molecule has 0 radical (unpaired) electrons. The number of alkyl halides is 2. The Morgan fingerprint density at radius 3 is 2.38 bits per heavy atom. The lowest BCUT2D eigenvalue weighted by Crippen LogP contribution is -2.10. The Balaban J connectivity index is 2.09. The van der Waals surface area contributed by atoms with Gasteiger partial charge in [-0.2, -0.15) is 15.0 Å². The highest BCUT2D eigenvalue weighted by Crippen LogP contribution is 2.19. The fraction of sp³-hybridized carbons (Fsp3) is 0.750. The Bertz CT molecular complexity index is 228. The monoisotopic (exact) mass is 189 g/mol. The maximum absolute atomic E-state index is 12.4. The van der Waals surface area contributed by atoms with Gasteiger partial charge in [0.15, 0.2) is 0 Å². The van der Waals surface area contributed by atoms with E-state index < -0.39 is 5.92 Å². The quantitative estimate of drug-likeness (QED) is 0.664. The number of hydrogen-bond acceptors (Lipinski definition) is 2. The Kier molecular flexibility index (Phi) is 3.33. The zero-order valence-corrected chi connectivity index (χ0v) is 7.58. The van der Waals surface area contributed by atoms with Gasteiger partial charge in [0.05, 0.1) is 18.9 Å². The van der Waals surface area contributed by atoms with Crippen LogP contribution in [0.2, 0.25) is 0 Å². The van der Waals surface area contributed by atoms with Gasteiger partial charge < -0.3 is 0 Å². The molecule has 0 aromatic carbocycles. The summed E-state index contributed by atoms with van der Waals surface area (Å²) in [6.45, 7) is 1.56. The minimum atomic E-state index is -2.54. The molecule has 3 nitrogen and oxygen atoms in total. The number of halogens is 2. The molecule has 1 rings (SSSR count). The first-order chi connectivity index (χ1) is 6.08. The number of aryl methyl sites for hydroxylation is 1. The first-order valence-corrected chi connectivity index (χ1v) is 4.30. The molecule has 0 saturated heterocycles. The summed E-state index contributed by atoms with van der Waals surface area (Å²) in [5, 5.41) is 7.74. The van der Waals surface area contributed by atoms with E-state index in [1.54, 1.807) is 12.4 Å². The summed E-state index contributed by atoms with van der Waals surface area (Å²) in [6.07, 6.45) is 4.29. The zero-order valence-electron chi connectivity index (χ0n) is 7.58. The van der Waals surface area contributed by atoms with Crippen molar-refractivity contribution in [2.24, 2.45) is 0 Å². The molecule has 0 fully saturated rings. The van der Waals surface area contributed by atoms with Gasteiger partial charge in [-0.15, -0.1) is 0 Å². The van der Waals surface area contributed by atoms with E-state index >= 15 is 0 Å². The highest BCUT2D eigenvalue weighted by molar-refractivity contribution is 4.61. The van der Waals surface area contributed by atoms with E-state index in [0.717, 1.165) is 6.92 Å². The molecule has 0 unspecified atom stereocenters. The van der Waals surface area contributed by atoms with Crippen molar-refractivity contribution in [3.8, 4) is 0 Å². The third-order valence-corrected chi connectivity index (χ3v) is 1.69. The third-order valence-electron chi connectivity index (χ3n) is 1.69. The van der Waals surface area contributed by atoms with Crippen LogP contribution in [-0.4, -0.2) is 20.9 Å². The molecule has 74 valence electrons. The van der Waals surface area contributed by atoms with Crippen LogP contribution >= 0.6 is 0 Å². The Hall–Kier alpha value is -1.00. The molecule has 0 aliphatic rings. The molecular formula is C8H13F2N3. The fourth-order valence-electron chi connectivity index (χ4n) is 1.05. The van der Waals surface area contributed by atoms with Crippen LogP contribution in [0.1, 0.15) is 26.2 Å². The average molecular weight is 189 g/mol. The molecule has 0 saturated carbocycles. The van der Waals surface area contributed by atoms with Crippen LogP contribution in [0.4, 0.5) is 8.78 Å². The van der Waals surface area contributed by atoms with Gasteiger partial charge in [-0.25, -0.2) is 8.78 Å². The van der Waals surface area contributed by atoms with Gasteiger partial charge in [0.25, 0.3) is 0 Å². The van der Waals surface area contributed by atoms with Crippen molar-refractivity contribution in [1.29, 1.82) is 0 Å². The normalized spacial score (nSPS) is 11.9. The molecule has 1 aromatic rings. The second-order valence-electron chi connectivity index (χ2n) is 3.15. The van der Waals surface area contributed by atoms with Gasteiger partial charge in [-0.3, -0.25) is 0 Å². The van der Waals surface area contributed by atoms with E-state index in [-0.39, 0.29) is 6.42 Å². The van der Waals surface area contributed by atoms with Crippen molar-refractivity contribution >= 4 is 0 Å². The van der Waals surface area contributed by atoms with E-state index in [2.05, 4.69) is 10.2 Å². The van der Waals surface area contributed by atoms with Crippen LogP contribution in [0, 0.1) is 0 Å². The molecule has 0 N–H and O–H groups in total. The first kappa shape index (κ1) is 10.1. The number of aromatic nitrogens is 3. The summed E-state index contributed by atoms with van der Waals surface area (Å²) in [5.41, 5.74) is 0. The molecule has 0 bridgehead atoms. The number of nitrogens with zero attached hydrogens (tertiary/aromatic N) is 3. The summed E-state index contributed by atoms with van der Waals surface area (Å²) in [7, 11) is 0. The van der Waals surface area contributed by atoms with Crippen molar-refractivity contribution < 1.29 is 8.78 Å². The third kappa shape index (κ3) is 4.55. The van der Waals surface area contributed by atoms with Crippen molar-refractivity contribution in [2.45, 2.75) is 38.7 Å². The molecule has 0 atom stereocenters. The van der Waals surface area contributed by atoms with Crippen molar-refractivity contribution in [2.75, 3.05) is 0 Å². The van der Waals surface area contributed by atoms with E-state index in [1.165, 1.54) is 4.80 Å². The summed E-state index contributed by atoms with van der Waals surface area (Å²) in [5.74, 6) is -2.54. The van der Waals surface area contributed by atoms with Crippen LogP contribution < -0.4 is 0 Å². The Morgan fingerprint density at radius 2 is 1.85 bits per heavy atom. The minimum Gasteiger partial charge on any atom is -0.207 e. The van der Waals surface area contributed by atoms with Gasteiger partial charge in [0.1, 0.15) is 0 Å². The van der Waals surface area contributed by atoms with Crippen molar-refractivity contribution in [3.05, 3.63) is 12.4 Å². The Labute approximate surface area is 75.7 Å². The average Bonchev–Trinajstić information content (AvgIpc) is 2.48. The zero-order chi connectivity index (χ0) is 9.73. The lowest BCUT2D eigenvalue weighted by molar-refractivity contribution is 0.0101.